The van der Waals surface area contributed by atoms with Crippen LogP contribution in [0.15, 0.2) is 47.5 Å². The summed E-state index contributed by atoms with van der Waals surface area (Å²) >= 11 is -0.278. The van der Waals surface area contributed by atoms with E-state index in [4.69, 9.17) is 0 Å². The van der Waals surface area contributed by atoms with Gasteiger partial charge in [-0.1, -0.05) is 0 Å². The first-order valence-corrected chi connectivity index (χ1v) is 13.8. The van der Waals surface area contributed by atoms with Crippen LogP contribution >= 0.6 is 11.8 Å². The largest absolute Gasteiger partial charge is 0.446 e. The minimum atomic E-state index is -4.45. The van der Waals surface area contributed by atoms with Crippen molar-refractivity contribution in [2.45, 2.75) is 49.7 Å². The fraction of sp³-hybridized carbons (Fsp3) is 0.444. The number of hydrogen-bond donors (Lipinski definition) is 1. The van der Waals surface area contributed by atoms with Crippen LogP contribution in [0.2, 0.25) is 0 Å². The maximum Gasteiger partial charge on any atom is 0.446 e. The number of carbonyl (C=O) groups excluding carboxylic acids is 4. The highest BCUT2D eigenvalue weighted by atomic mass is 32.2. The Kier molecular flexibility index (Phi) is 8.92. The lowest BCUT2D eigenvalue weighted by molar-refractivity contribution is -0.130. The molecule has 4 rings (SSSR count). The van der Waals surface area contributed by atoms with Crippen LogP contribution in [-0.4, -0.2) is 87.2 Å². The number of rotatable bonds is 8. The van der Waals surface area contributed by atoms with E-state index in [-0.39, 0.29) is 47.1 Å². The molecule has 0 aliphatic carbocycles. The molecule has 1 aromatic carbocycles. The Hall–Kier alpha value is -3.65. The Bertz CT molecular complexity index is 1310. The van der Waals surface area contributed by atoms with Gasteiger partial charge in [0.15, 0.2) is 0 Å². The Morgan fingerprint density at radius 2 is 1.71 bits per heavy atom. The zero-order chi connectivity index (χ0) is 29.9. The quantitative estimate of drug-likeness (QED) is 0.366. The van der Waals surface area contributed by atoms with Gasteiger partial charge in [-0.05, 0) is 67.6 Å². The summed E-state index contributed by atoms with van der Waals surface area (Å²) in [4.78, 5) is 60.9. The molecule has 1 aromatic heterocycles. The molecule has 5 amide bonds. The first-order chi connectivity index (χ1) is 19.2. The monoisotopic (exact) mass is 592 g/mol. The van der Waals surface area contributed by atoms with E-state index in [9.17, 15) is 32.3 Å². The van der Waals surface area contributed by atoms with E-state index in [1.165, 1.54) is 35.4 Å². The van der Waals surface area contributed by atoms with Gasteiger partial charge in [-0.15, -0.1) is 0 Å². The van der Waals surface area contributed by atoms with Crippen LogP contribution in [0, 0.1) is 0 Å². The maximum atomic E-state index is 13.3. The number of hydrogen-bond acceptors (Lipinski definition) is 7. The number of imide groups is 1. The van der Waals surface area contributed by atoms with Gasteiger partial charge in [0.2, 0.25) is 11.8 Å². The number of alkyl halides is 3. The summed E-state index contributed by atoms with van der Waals surface area (Å²) in [6.07, 6.45) is 1.74. The van der Waals surface area contributed by atoms with Crippen molar-refractivity contribution >= 4 is 47.0 Å². The summed E-state index contributed by atoms with van der Waals surface area (Å²) in [7, 11) is 0. The number of nitrogens with zero attached hydrogens (tertiary/aromatic N) is 5. The summed E-state index contributed by atoms with van der Waals surface area (Å²) in [5.41, 5.74) is -4.87. The second-order valence-electron chi connectivity index (χ2n) is 10.3. The highest BCUT2D eigenvalue weighted by molar-refractivity contribution is 8.00. The molecule has 1 N–H and O–H groups in total. The molecule has 14 heteroatoms. The molecule has 41 heavy (non-hydrogen) atoms. The minimum Gasteiger partial charge on any atom is -0.340 e. The molecule has 10 nitrogen and oxygen atoms in total. The van der Waals surface area contributed by atoms with Crippen molar-refractivity contribution in [3.63, 3.8) is 0 Å². The number of halogens is 3. The predicted molar refractivity (Wildman–Crippen MR) is 147 cm³/mol. The van der Waals surface area contributed by atoms with Crippen LogP contribution in [0.25, 0.3) is 0 Å². The summed E-state index contributed by atoms with van der Waals surface area (Å²) < 4.78 is 38.0. The molecule has 0 radical (unpaired) electrons. The summed E-state index contributed by atoms with van der Waals surface area (Å²) in [5.74, 6) is -0.387. The molecular weight excluding hydrogens is 561 g/mol. The minimum absolute atomic E-state index is 0.0436. The molecule has 0 bridgehead atoms. The van der Waals surface area contributed by atoms with E-state index in [2.05, 4.69) is 15.2 Å². The second kappa shape index (κ2) is 12.1. The van der Waals surface area contributed by atoms with Crippen LogP contribution in [0.3, 0.4) is 0 Å². The van der Waals surface area contributed by atoms with E-state index < -0.39 is 23.0 Å². The number of pyridine rings is 1. The van der Waals surface area contributed by atoms with Gasteiger partial charge in [0.25, 0.3) is 5.91 Å². The number of anilines is 2. The first kappa shape index (κ1) is 30.3. The number of carbonyl (C=O) groups is 4. The lowest BCUT2D eigenvalue weighted by Gasteiger charge is -2.33. The Labute approximate surface area is 239 Å². The molecule has 2 fully saturated rings. The second-order valence-corrected chi connectivity index (χ2v) is 11.4. The lowest BCUT2D eigenvalue weighted by Crippen LogP contribution is -2.48. The number of benzene rings is 1. The zero-order valence-corrected chi connectivity index (χ0v) is 23.7. The molecule has 3 heterocycles. The summed E-state index contributed by atoms with van der Waals surface area (Å²) in [5, 5.41) is 2.77. The molecule has 220 valence electrons. The number of thioether (sulfide) groups is 1. The van der Waals surface area contributed by atoms with Gasteiger partial charge in [-0.2, -0.15) is 13.2 Å². The molecule has 2 saturated heterocycles. The van der Waals surface area contributed by atoms with Crippen LogP contribution in [0.4, 0.5) is 29.5 Å². The topological polar surface area (TPSA) is 106 Å². The molecule has 0 spiro atoms. The average Bonchev–Trinajstić information content (AvgIpc) is 3.06. The summed E-state index contributed by atoms with van der Waals surface area (Å²) in [6, 6.07) is 7.75. The van der Waals surface area contributed by atoms with Crippen molar-refractivity contribution < 1.29 is 32.3 Å². The van der Waals surface area contributed by atoms with Crippen molar-refractivity contribution in [3.05, 3.63) is 48.2 Å². The third-order valence-corrected chi connectivity index (χ3v) is 7.80. The number of nitrogens with one attached hydrogen (secondary N) is 1. The van der Waals surface area contributed by atoms with Crippen molar-refractivity contribution in [2.24, 2.45) is 0 Å². The van der Waals surface area contributed by atoms with Crippen molar-refractivity contribution in [1.29, 1.82) is 0 Å². The van der Waals surface area contributed by atoms with E-state index >= 15 is 0 Å². The highest BCUT2D eigenvalue weighted by Crippen LogP contribution is 2.39. The SMILES string of the molecule is CC(=O)N1CCN(CCC(=O)Nc2cc(CN3C(=O)N(c4ccc(SC(F)(F)F)cc4)C(=O)C3(C)C)ccn2)CC1. The van der Waals surface area contributed by atoms with Gasteiger partial charge in [-0.3, -0.25) is 19.3 Å². The smallest absolute Gasteiger partial charge is 0.340 e. The maximum absolute atomic E-state index is 13.3. The Morgan fingerprint density at radius 1 is 1.05 bits per heavy atom. The molecule has 0 atom stereocenters. The lowest BCUT2D eigenvalue weighted by atomic mass is 10.0. The van der Waals surface area contributed by atoms with Gasteiger partial charge >= 0.3 is 11.5 Å². The zero-order valence-electron chi connectivity index (χ0n) is 22.9. The van der Waals surface area contributed by atoms with E-state index in [1.807, 2.05) is 0 Å². The van der Waals surface area contributed by atoms with Gasteiger partial charge < -0.3 is 15.1 Å². The van der Waals surface area contributed by atoms with E-state index in [0.29, 0.717) is 44.1 Å². The van der Waals surface area contributed by atoms with Crippen molar-refractivity contribution in [1.82, 2.24) is 19.7 Å². The fourth-order valence-electron chi connectivity index (χ4n) is 4.70. The van der Waals surface area contributed by atoms with Crippen LogP contribution in [-0.2, 0) is 20.9 Å². The molecule has 0 unspecified atom stereocenters. The third-order valence-electron chi connectivity index (χ3n) is 7.06. The summed E-state index contributed by atoms with van der Waals surface area (Å²) in [6.45, 7) is 8.00. The van der Waals surface area contributed by atoms with Gasteiger partial charge in [0.1, 0.15) is 11.4 Å². The standard InChI is InChI=1S/C27H31F3N6O4S/c1-18(37)34-14-12-33(13-15-34)11-9-23(38)32-22-16-19(8-10-31-22)17-35-25(40)36(24(39)26(35,2)3)20-4-6-21(7-5-20)41-27(28,29)30/h4-8,10,16H,9,11-15,17H2,1-3H3,(H,31,32,38). The van der Waals surface area contributed by atoms with Crippen LogP contribution in [0.5, 0.6) is 0 Å². The Morgan fingerprint density at radius 3 is 2.32 bits per heavy atom. The van der Waals surface area contributed by atoms with Crippen molar-refractivity contribution in [3.8, 4) is 0 Å². The van der Waals surface area contributed by atoms with E-state index in [1.54, 1.807) is 37.8 Å². The van der Waals surface area contributed by atoms with Gasteiger partial charge in [0, 0.05) is 63.7 Å². The molecule has 2 aliphatic rings. The number of urea groups is 1. The first-order valence-electron chi connectivity index (χ1n) is 13.0. The van der Waals surface area contributed by atoms with Crippen LogP contribution in [0.1, 0.15) is 32.8 Å². The van der Waals surface area contributed by atoms with Gasteiger partial charge in [-0.25, -0.2) is 14.7 Å². The highest BCUT2D eigenvalue weighted by Gasteiger charge is 2.51. The molecule has 0 saturated carbocycles. The van der Waals surface area contributed by atoms with Crippen LogP contribution < -0.4 is 10.2 Å². The number of aromatic nitrogens is 1. The fourth-order valence-corrected chi connectivity index (χ4v) is 5.24. The molecule has 2 aromatic rings. The van der Waals surface area contributed by atoms with Crippen molar-refractivity contribution in [2.75, 3.05) is 42.9 Å². The van der Waals surface area contributed by atoms with E-state index in [0.717, 1.165) is 4.90 Å². The third kappa shape index (κ3) is 7.36. The Balaban J connectivity index is 1.37. The molecule has 2 aliphatic heterocycles. The number of amides is 5. The van der Waals surface area contributed by atoms with Gasteiger partial charge in [0.05, 0.1) is 5.69 Å². The normalized spacial score (nSPS) is 17.8. The predicted octanol–water partition coefficient (Wildman–Crippen LogP) is 3.93. The average molecular weight is 593 g/mol. The molecular formula is C27H31F3N6O4S. The number of piperazine rings is 1.